The molecule has 0 saturated heterocycles. The second-order valence-corrected chi connectivity index (χ2v) is 6.51. The Bertz CT molecular complexity index is 355. The number of nitrogens with zero attached hydrogens (tertiary/aromatic N) is 1. The first-order valence-corrected chi connectivity index (χ1v) is 7.71. The zero-order valence-corrected chi connectivity index (χ0v) is 13.4. The summed E-state index contributed by atoms with van der Waals surface area (Å²) in [6, 6.07) is 0. The minimum Gasteiger partial charge on any atom is -0.255 e. The summed E-state index contributed by atoms with van der Waals surface area (Å²) in [7, 11) is -1.07. The third-order valence-electron chi connectivity index (χ3n) is 1.24. The Morgan fingerprint density at radius 1 is 1.08 bits per heavy atom. The molecular formula is C6H3Br4NOS. The summed E-state index contributed by atoms with van der Waals surface area (Å²) in [5.74, 6) is 0. The third kappa shape index (κ3) is 2.62. The lowest BCUT2D eigenvalue weighted by Crippen LogP contribution is -1.95. The van der Waals surface area contributed by atoms with Crippen LogP contribution in [0.5, 0.6) is 0 Å². The fourth-order valence-electron chi connectivity index (χ4n) is 0.720. The maximum atomic E-state index is 11.4. The van der Waals surface area contributed by atoms with Gasteiger partial charge in [0.25, 0.3) is 0 Å². The van der Waals surface area contributed by atoms with E-state index in [2.05, 4.69) is 68.7 Å². The van der Waals surface area contributed by atoms with Crippen molar-refractivity contribution < 1.29 is 4.21 Å². The van der Waals surface area contributed by atoms with Crippen molar-refractivity contribution >= 4 is 74.5 Å². The lowest BCUT2D eigenvalue weighted by molar-refractivity contribution is 0.685. The predicted octanol–water partition coefficient (Wildman–Crippen LogP) is 3.87. The van der Waals surface area contributed by atoms with Crippen LogP contribution in [0.2, 0.25) is 0 Å². The van der Waals surface area contributed by atoms with E-state index in [1.165, 1.54) is 0 Å². The van der Waals surface area contributed by atoms with Gasteiger partial charge in [-0.15, -0.1) is 0 Å². The molecule has 1 atom stereocenters. The van der Waals surface area contributed by atoms with Crippen LogP contribution < -0.4 is 0 Å². The Morgan fingerprint density at radius 2 is 1.46 bits per heavy atom. The first-order valence-electron chi connectivity index (χ1n) is 2.98. The van der Waals surface area contributed by atoms with E-state index in [1.54, 1.807) is 6.26 Å². The van der Waals surface area contributed by atoms with Crippen LogP contribution in [-0.2, 0) is 10.8 Å². The third-order valence-corrected chi connectivity index (χ3v) is 6.51. The maximum absolute atomic E-state index is 11.4. The van der Waals surface area contributed by atoms with E-state index in [-0.39, 0.29) is 0 Å². The van der Waals surface area contributed by atoms with Crippen molar-refractivity contribution in [3.63, 3.8) is 0 Å². The molecule has 0 aliphatic carbocycles. The normalized spacial score (nSPS) is 13.0. The van der Waals surface area contributed by atoms with Crippen LogP contribution in [0.15, 0.2) is 23.0 Å². The van der Waals surface area contributed by atoms with E-state index < -0.39 is 10.8 Å². The zero-order chi connectivity index (χ0) is 10.2. The molecule has 0 amide bonds. The molecule has 1 heterocycles. The van der Waals surface area contributed by atoms with Gasteiger partial charge < -0.3 is 0 Å². The van der Waals surface area contributed by atoms with Crippen LogP contribution in [0, 0.1) is 0 Å². The molecule has 0 spiro atoms. The monoisotopic (exact) mass is 453 g/mol. The lowest BCUT2D eigenvalue weighted by atomic mass is 10.5. The van der Waals surface area contributed by atoms with E-state index in [0.29, 0.717) is 23.0 Å². The molecule has 1 aromatic rings. The van der Waals surface area contributed by atoms with Crippen molar-refractivity contribution in [2.24, 2.45) is 0 Å². The summed E-state index contributed by atoms with van der Waals surface area (Å²) in [6.45, 7) is 0. The SMILES string of the molecule is CS(=O)c1c(Br)c(Br)nc(Br)c1Br. The molecule has 7 heteroatoms. The molecule has 0 radical (unpaired) electrons. The van der Waals surface area contributed by atoms with Gasteiger partial charge in [0.2, 0.25) is 0 Å². The minimum atomic E-state index is -1.07. The predicted molar refractivity (Wildman–Crippen MR) is 67.4 cm³/mol. The van der Waals surface area contributed by atoms with Gasteiger partial charge in [-0.1, -0.05) is 0 Å². The molecule has 1 rings (SSSR count). The fourth-order valence-corrected chi connectivity index (χ4v) is 4.88. The molecule has 1 unspecified atom stereocenters. The van der Waals surface area contributed by atoms with E-state index in [9.17, 15) is 4.21 Å². The first kappa shape index (κ1) is 12.3. The van der Waals surface area contributed by atoms with Gasteiger partial charge in [0.15, 0.2) is 0 Å². The second kappa shape index (κ2) is 4.83. The molecule has 0 aliphatic heterocycles. The molecule has 0 aromatic carbocycles. The average molecular weight is 457 g/mol. The summed E-state index contributed by atoms with van der Waals surface area (Å²) in [6.07, 6.45) is 1.61. The van der Waals surface area contributed by atoms with Gasteiger partial charge in [0.1, 0.15) is 9.21 Å². The van der Waals surface area contributed by atoms with E-state index >= 15 is 0 Å². The summed E-state index contributed by atoms with van der Waals surface area (Å²) in [4.78, 5) is 4.81. The number of hydrogen-bond donors (Lipinski definition) is 0. The summed E-state index contributed by atoms with van der Waals surface area (Å²) in [5.41, 5.74) is 0. The van der Waals surface area contributed by atoms with Gasteiger partial charge in [-0.25, -0.2) is 4.98 Å². The Hall–Kier alpha value is 1.22. The highest BCUT2D eigenvalue weighted by molar-refractivity contribution is 9.13. The number of pyridine rings is 1. The van der Waals surface area contributed by atoms with Gasteiger partial charge in [-0.2, -0.15) is 0 Å². The molecule has 2 nitrogen and oxygen atoms in total. The molecular weight excluding hydrogens is 454 g/mol. The molecule has 72 valence electrons. The molecule has 0 N–H and O–H groups in total. The molecule has 0 bridgehead atoms. The van der Waals surface area contributed by atoms with Crippen molar-refractivity contribution in [3.05, 3.63) is 18.2 Å². The topological polar surface area (TPSA) is 30.0 Å². The number of hydrogen-bond acceptors (Lipinski definition) is 2. The molecule has 0 aliphatic rings. The van der Waals surface area contributed by atoms with Crippen molar-refractivity contribution in [2.45, 2.75) is 4.90 Å². The van der Waals surface area contributed by atoms with Crippen molar-refractivity contribution in [1.82, 2.24) is 4.98 Å². The highest BCUT2D eigenvalue weighted by atomic mass is 79.9. The largest absolute Gasteiger partial charge is 0.255 e. The van der Waals surface area contributed by atoms with Crippen LogP contribution >= 0.6 is 63.7 Å². The van der Waals surface area contributed by atoms with E-state index in [1.807, 2.05) is 0 Å². The molecule has 13 heavy (non-hydrogen) atoms. The van der Waals surface area contributed by atoms with Crippen molar-refractivity contribution in [3.8, 4) is 0 Å². The fraction of sp³-hybridized carbons (Fsp3) is 0.167. The zero-order valence-electron chi connectivity index (χ0n) is 6.28. The Kier molecular flexibility index (Phi) is 4.56. The summed E-state index contributed by atoms with van der Waals surface area (Å²) >= 11 is 13.1. The molecule has 0 fully saturated rings. The minimum absolute atomic E-state index is 0.632. The van der Waals surface area contributed by atoms with Gasteiger partial charge in [0.05, 0.1) is 24.6 Å². The van der Waals surface area contributed by atoms with Crippen molar-refractivity contribution in [2.75, 3.05) is 6.26 Å². The van der Waals surface area contributed by atoms with Crippen LogP contribution in [0.25, 0.3) is 0 Å². The quantitative estimate of drug-likeness (QED) is 0.601. The highest BCUT2D eigenvalue weighted by Gasteiger charge is 2.16. The molecule has 1 aromatic heterocycles. The van der Waals surface area contributed by atoms with Gasteiger partial charge in [0, 0.05) is 6.26 Å². The van der Waals surface area contributed by atoms with Crippen LogP contribution in [-0.4, -0.2) is 15.4 Å². The van der Waals surface area contributed by atoms with Crippen molar-refractivity contribution in [1.29, 1.82) is 0 Å². The first-order chi connectivity index (χ1) is 5.95. The highest BCUT2D eigenvalue weighted by Crippen LogP contribution is 2.36. The summed E-state index contributed by atoms with van der Waals surface area (Å²) in [5, 5.41) is 0. The van der Waals surface area contributed by atoms with Crippen LogP contribution in [0.1, 0.15) is 0 Å². The van der Waals surface area contributed by atoms with Gasteiger partial charge in [-0.3, -0.25) is 4.21 Å². The molecule has 0 saturated carbocycles. The van der Waals surface area contributed by atoms with E-state index in [4.69, 9.17) is 0 Å². The Morgan fingerprint density at radius 3 is 1.77 bits per heavy atom. The maximum Gasteiger partial charge on any atom is 0.122 e. The van der Waals surface area contributed by atoms with E-state index in [0.717, 1.165) is 0 Å². The van der Waals surface area contributed by atoms with Gasteiger partial charge in [-0.05, 0) is 63.7 Å². The number of halogens is 4. The van der Waals surface area contributed by atoms with Crippen LogP contribution in [0.3, 0.4) is 0 Å². The Balaban J connectivity index is 3.56. The standard InChI is InChI=1S/C6H3Br4NOS/c1-13(12)4-2(7)5(9)11-6(10)3(4)8/h1H3. The van der Waals surface area contributed by atoms with Crippen LogP contribution in [0.4, 0.5) is 0 Å². The Labute approximate surface area is 112 Å². The smallest absolute Gasteiger partial charge is 0.122 e. The summed E-state index contributed by atoms with van der Waals surface area (Å²) < 4.78 is 14.1. The second-order valence-electron chi connectivity index (χ2n) is 2.10. The van der Waals surface area contributed by atoms with Gasteiger partial charge >= 0.3 is 0 Å². The number of aromatic nitrogens is 1. The number of rotatable bonds is 1. The lowest BCUT2D eigenvalue weighted by Gasteiger charge is -2.06. The average Bonchev–Trinajstić information content (AvgIpc) is 2.01.